The number of rotatable bonds is 5. The van der Waals surface area contributed by atoms with Crippen molar-refractivity contribution in [3.63, 3.8) is 0 Å². The average Bonchev–Trinajstić information content (AvgIpc) is 2.47. The van der Waals surface area contributed by atoms with E-state index in [1.165, 1.54) is 16.7 Å². The smallest absolute Gasteiger partial charge is 0.118 e. The van der Waals surface area contributed by atoms with Crippen LogP contribution < -0.4 is 4.74 Å². The van der Waals surface area contributed by atoms with Crippen LogP contribution in [0.2, 0.25) is 0 Å². The Balaban J connectivity index is 2.10. The first-order valence-corrected chi connectivity index (χ1v) is 7.33. The van der Waals surface area contributed by atoms with Gasteiger partial charge in [0.1, 0.15) is 5.75 Å². The molecule has 0 saturated heterocycles. The number of ether oxygens (including phenoxy) is 1. The predicted molar refractivity (Wildman–Crippen MR) is 85.6 cm³/mol. The molecule has 0 bridgehead atoms. The van der Waals surface area contributed by atoms with Crippen LogP contribution in [0, 0.1) is 0 Å². The molecule has 0 radical (unpaired) electrons. The molecular formula is C19H24O. The zero-order valence-electron chi connectivity index (χ0n) is 12.9. The van der Waals surface area contributed by atoms with Crippen LogP contribution in [0.5, 0.6) is 5.75 Å². The molecule has 106 valence electrons. The van der Waals surface area contributed by atoms with Crippen molar-refractivity contribution in [1.29, 1.82) is 0 Å². The fraction of sp³-hybridized carbons (Fsp3) is 0.368. The second-order valence-electron chi connectivity index (χ2n) is 5.78. The van der Waals surface area contributed by atoms with Crippen LogP contribution >= 0.6 is 0 Å². The normalized spacial score (nSPS) is 12.4. The number of benzene rings is 2. The van der Waals surface area contributed by atoms with Gasteiger partial charge in [0.2, 0.25) is 0 Å². The van der Waals surface area contributed by atoms with Crippen molar-refractivity contribution in [2.24, 2.45) is 0 Å². The summed E-state index contributed by atoms with van der Waals surface area (Å²) in [6.45, 7) is 6.77. The summed E-state index contributed by atoms with van der Waals surface area (Å²) in [5, 5.41) is 0. The summed E-state index contributed by atoms with van der Waals surface area (Å²) in [4.78, 5) is 0. The van der Waals surface area contributed by atoms with Gasteiger partial charge in [-0.2, -0.15) is 0 Å². The topological polar surface area (TPSA) is 9.23 Å². The van der Waals surface area contributed by atoms with Gasteiger partial charge in [0, 0.05) is 0 Å². The molecule has 1 heteroatoms. The zero-order valence-corrected chi connectivity index (χ0v) is 12.9. The quantitative estimate of drug-likeness (QED) is 0.727. The Labute approximate surface area is 122 Å². The monoisotopic (exact) mass is 268 g/mol. The predicted octanol–water partition coefficient (Wildman–Crippen LogP) is 5.16. The fourth-order valence-corrected chi connectivity index (χ4v) is 2.48. The third-order valence-electron chi connectivity index (χ3n) is 3.84. The van der Waals surface area contributed by atoms with Gasteiger partial charge in [-0.3, -0.25) is 0 Å². The molecule has 20 heavy (non-hydrogen) atoms. The van der Waals surface area contributed by atoms with Gasteiger partial charge in [0.25, 0.3) is 0 Å². The first-order valence-electron chi connectivity index (χ1n) is 7.33. The van der Waals surface area contributed by atoms with Crippen molar-refractivity contribution in [2.75, 3.05) is 7.11 Å². The SMILES string of the molecule is COc1ccc(C(C)Cc2cccc(C(C)C)c2)cc1. The Hall–Kier alpha value is -1.76. The van der Waals surface area contributed by atoms with E-state index in [2.05, 4.69) is 57.2 Å². The van der Waals surface area contributed by atoms with Crippen molar-refractivity contribution < 1.29 is 4.74 Å². The first kappa shape index (κ1) is 14.6. The van der Waals surface area contributed by atoms with Crippen molar-refractivity contribution >= 4 is 0 Å². The van der Waals surface area contributed by atoms with Crippen LogP contribution in [0.4, 0.5) is 0 Å². The molecule has 0 fully saturated rings. The lowest BCUT2D eigenvalue weighted by Gasteiger charge is -2.14. The van der Waals surface area contributed by atoms with Gasteiger partial charge in [0.15, 0.2) is 0 Å². The zero-order chi connectivity index (χ0) is 14.5. The average molecular weight is 268 g/mol. The molecule has 0 aromatic heterocycles. The second-order valence-corrected chi connectivity index (χ2v) is 5.78. The van der Waals surface area contributed by atoms with Crippen molar-refractivity contribution in [3.05, 3.63) is 65.2 Å². The lowest BCUT2D eigenvalue weighted by atomic mass is 9.91. The van der Waals surface area contributed by atoms with Crippen molar-refractivity contribution in [3.8, 4) is 5.75 Å². The minimum atomic E-state index is 0.517. The highest BCUT2D eigenvalue weighted by Gasteiger charge is 2.08. The third-order valence-corrected chi connectivity index (χ3v) is 3.84. The molecule has 0 spiro atoms. The number of hydrogen-bond donors (Lipinski definition) is 0. The van der Waals surface area contributed by atoms with Crippen LogP contribution in [-0.2, 0) is 6.42 Å². The summed E-state index contributed by atoms with van der Waals surface area (Å²) in [6, 6.07) is 17.4. The van der Waals surface area contributed by atoms with E-state index in [0.29, 0.717) is 11.8 Å². The molecule has 0 aliphatic heterocycles. The van der Waals surface area contributed by atoms with Crippen LogP contribution in [0.15, 0.2) is 48.5 Å². The molecule has 2 rings (SSSR count). The summed E-state index contributed by atoms with van der Waals surface area (Å²) < 4.78 is 5.21. The molecule has 0 aliphatic carbocycles. The molecule has 2 aromatic carbocycles. The third kappa shape index (κ3) is 3.63. The van der Waals surface area contributed by atoms with E-state index >= 15 is 0 Å². The van der Waals surface area contributed by atoms with Crippen LogP contribution in [-0.4, -0.2) is 7.11 Å². The minimum Gasteiger partial charge on any atom is -0.497 e. The molecule has 1 atom stereocenters. The van der Waals surface area contributed by atoms with Gasteiger partial charge in [-0.1, -0.05) is 57.2 Å². The van der Waals surface area contributed by atoms with Crippen LogP contribution in [0.25, 0.3) is 0 Å². The van der Waals surface area contributed by atoms with E-state index in [0.717, 1.165) is 12.2 Å². The summed E-state index contributed by atoms with van der Waals surface area (Å²) >= 11 is 0. The highest BCUT2D eigenvalue weighted by atomic mass is 16.5. The summed E-state index contributed by atoms with van der Waals surface area (Å²) in [5.74, 6) is 2.03. The maximum Gasteiger partial charge on any atom is 0.118 e. The van der Waals surface area contributed by atoms with E-state index in [9.17, 15) is 0 Å². The van der Waals surface area contributed by atoms with Crippen LogP contribution in [0.1, 0.15) is 49.3 Å². The standard InChI is InChI=1S/C19H24O/c1-14(2)18-7-5-6-16(13-18)12-15(3)17-8-10-19(20-4)11-9-17/h5-11,13-15H,12H2,1-4H3. The molecule has 0 N–H and O–H groups in total. The number of methoxy groups -OCH3 is 1. The van der Waals surface area contributed by atoms with E-state index in [-0.39, 0.29) is 0 Å². The number of hydrogen-bond acceptors (Lipinski definition) is 1. The van der Waals surface area contributed by atoms with Gasteiger partial charge < -0.3 is 4.74 Å². The Morgan fingerprint density at radius 3 is 2.20 bits per heavy atom. The molecule has 0 heterocycles. The molecule has 2 aromatic rings. The van der Waals surface area contributed by atoms with Gasteiger partial charge >= 0.3 is 0 Å². The maximum atomic E-state index is 5.21. The van der Waals surface area contributed by atoms with Gasteiger partial charge in [0.05, 0.1) is 7.11 Å². The lowest BCUT2D eigenvalue weighted by molar-refractivity contribution is 0.414. The Morgan fingerprint density at radius 1 is 0.900 bits per heavy atom. The van der Waals surface area contributed by atoms with Gasteiger partial charge in [-0.25, -0.2) is 0 Å². The fourth-order valence-electron chi connectivity index (χ4n) is 2.48. The van der Waals surface area contributed by atoms with E-state index in [1.54, 1.807) is 7.11 Å². The first-order chi connectivity index (χ1) is 9.60. The molecule has 1 nitrogen and oxygen atoms in total. The maximum absolute atomic E-state index is 5.21. The molecule has 0 aliphatic rings. The molecule has 0 saturated carbocycles. The van der Waals surface area contributed by atoms with E-state index in [4.69, 9.17) is 4.74 Å². The molecule has 0 amide bonds. The van der Waals surface area contributed by atoms with Crippen molar-refractivity contribution in [2.45, 2.75) is 39.0 Å². The summed E-state index contributed by atoms with van der Waals surface area (Å²) in [7, 11) is 1.70. The summed E-state index contributed by atoms with van der Waals surface area (Å²) in [5.41, 5.74) is 4.20. The second kappa shape index (κ2) is 6.60. The Kier molecular flexibility index (Phi) is 4.84. The minimum absolute atomic E-state index is 0.517. The molecule has 1 unspecified atom stereocenters. The van der Waals surface area contributed by atoms with E-state index in [1.807, 2.05) is 12.1 Å². The summed E-state index contributed by atoms with van der Waals surface area (Å²) in [6.07, 6.45) is 1.08. The largest absolute Gasteiger partial charge is 0.497 e. The van der Waals surface area contributed by atoms with Crippen molar-refractivity contribution in [1.82, 2.24) is 0 Å². The van der Waals surface area contributed by atoms with Crippen LogP contribution in [0.3, 0.4) is 0 Å². The molecular weight excluding hydrogens is 244 g/mol. The Morgan fingerprint density at radius 2 is 1.60 bits per heavy atom. The highest BCUT2D eigenvalue weighted by molar-refractivity contribution is 5.32. The lowest BCUT2D eigenvalue weighted by Crippen LogP contribution is -1.99. The highest BCUT2D eigenvalue weighted by Crippen LogP contribution is 2.24. The van der Waals surface area contributed by atoms with Gasteiger partial charge in [-0.15, -0.1) is 0 Å². The Bertz CT molecular complexity index is 540. The van der Waals surface area contributed by atoms with Gasteiger partial charge in [-0.05, 0) is 47.1 Å². The van der Waals surface area contributed by atoms with E-state index < -0.39 is 0 Å².